The van der Waals surface area contributed by atoms with Gasteiger partial charge in [-0.15, -0.1) is 0 Å². The second-order valence-electron chi connectivity index (χ2n) is 4.26. The van der Waals surface area contributed by atoms with Gasteiger partial charge in [0, 0.05) is 17.8 Å². The first kappa shape index (κ1) is 15.1. The average molecular weight is 265 g/mol. The Hall–Kier alpha value is -1.91. The van der Waals surface area contributed by atoms with E-state index in [0.717, 1.165) is 11.4 Å². The Morgan fingerprint density at radius 2 is 1.84 bits per heavy atom. The summed E-state index contributed by atoms with van der Waals surface area (Å²) in [6.45, 7) is 9.00. The Kier molecular flexibility index (Phi) is 5.99. The highest BCUT2D eigenvalue weighted by Crippen LogP contribution is 2.30. The number of benzene rings is 1. The SMILES string of the molecule is CCOc1ccc(NC(N)=NC(C)C)cc1OCC. The van der Waals surface area contributed by atoms with E-state index >= 15 is 0 Å². The summed E-state index contributed by atoms with van der Waals surface area (Å²) in [4.78, 5) is 4.22. The summed E-state index contributed by atoms with van der Waals surface area (Å²) >= 11 is 0. The van der Waals surface area contributed by atoms with Gasteiger partial charge in [0.25, 0.3) is 0 Å². The minimum atomic E-state index is 0.154. The average Bonchev–Trinajstić information content (AvgIpc) is 2.32. The van der Waals surface area contributed by atoms with Gasteiger partial charge in [0.1, 0.15) is 0 Å². The lowest BCUT2D eigenvalue weighted by atomic mass is 10.2. The number of nitrogens with one attached hydrogen (secondary N) is 1. The van der Waals surface area contributed by atoms with Crippen LogP contribution in [0.15, 0.2) is 23.2 Å². The zero-order valence-corrected chi connectivity index (χ0v) is 12.1. The predicted octanol–water partition coefficient (Wildman–Crippen LogP) is 2.62. The molecule has 5 heteroatoms. The topological polar surface area (TPSA) is 68.9 Å². The van der Waals surface area contributed by atoms with Crippen molar-refractivity contribution in [3.05, 3.63) is 18.2 Å². The normalized spacial score (nSPS) is 11.5. The van der Waals surface area contributed by atoms with Crippen molar-refractivity contribution in [1.82, 2.24) is 0 Å². The van der Waals surface area contributed by atoms with Crippen molar-refractivity contribution in [2.75, 3.05) is 18.5 Å². The first-order valence-corrected chi connectivity index (χ1v) is 6.56. The maximum absolute atomic E-state index is 5.79. The van der Waals surface area contributed by atoms with E-state index in [-0.39, 0.29) is 6.04 Å². The van der Waals surface area contributed by atoms with Crippen LogP contribution in [0.2, 0.25) is 0 Å². The molecule has 0 atom stereocenters. The zero-order valence-electron chi connectivity index (χ0n) is 12.1. The third kappa shape index (κ3) is 5.07. The van der Waals surface area contributed by atoms with Gasteiger partial charge in [-0.05, 0) is 39.8 Å². The summed E-state index contributed by atoms with van der Waals surface area (Å²) in [5, 5.41) is 3.03. The number of guanidine groups is 1. The van der Waals surface area contributed by atoms with E-state index in [9.17, 15) is 0 Å². The third-order valence-corrected chi connectivity index (χ3v) is 2.21. The highest BCUT2D eigenvalue weighted by molar-refractivity contribution is 5.92. The lowest BCUT2D eigenvalue weighted by Crippen LogP contribution is -2.23. The summed E-state index contributed by atoms with van der Waals surface area (Å²) in [7, 11) is 0. The van der Waals surface area contributed by atoms with E-state index in [1.54, 1.807) is 0 Å². The standard InChI is InChI=1S/C14H23N3O2/c1-5-18-12-8-7-11(9-13(12)19-6-2)17-14(15)16-10(3)4/h7-10H,5-6H2,1-4H3,(H3,15,16,17). The number of rotatable bonds is 6. The van der Waals surface area contributed by atoms with Crippen LogP contribution >= 0.6 is 0 Å². The van der Waals surface area contributed by atoms with E-state index in [0.29, 0.717) is 24.9 Å². The number of hydrogen-bond donors (Lipinski definition) is 2. The number of nitrogens with two attached hydrogens (primary N) is 1. The summed E-state index contributed by atoms with van der Waals surface area (Å²) in [6, 6.07) is 5.76. The molecule has 0 spiro atoms. The van der Waals surface area contributed by atoms with Crippen molar-refractivity contribution in [2.45, 2.75) is 33.7 Å². The summed E-state index contributed by atoms with van der Waals surface area (Å²) in [6.07, 6.45) is 0. The third-order valence-electron chi connectivity index (χ3n) is 2.21. The van der Waals surface area contributed by atoms with Gasteiger partial charge < -0.3 is 20.5 Å². The molecule has 0 unspecified atom stereocenters. The van der Waals surface area contributed by atoms with Gasteiger partial charge in [0.05, 0.1) is 13.2 Å². The molecule has 106 valence electrons. The molecule has 0 fully saturated rings. The summed E-state index contributed by atoms with van der Waals surface area (Å²) in [5.74, 6) is 1.82. The van der Waals surface area contributed by atoms with Gasteiger partial charge in [0.2, 0.25) is 0 Å². The molecule has 0 radical (unpaired) electrons. The maximum atomic E-state index is 5.79. The van der Waals surface area contributed by atoms with Gasteiger partial charge in [-0.2, -0.15) is 0 Å². The minimum absolute atomic E-state index is 0.154. The highest BCUT2D eigenvalue weighted by atomic mass is 16.5. The zero-order chi connectivity index (χ0) is 14.3. The van der Waals surface area contributed by atoms with E-state index in [4.69, 9.17) is 15.2 Å². The molecule has 5 nitrogen and oxygen atoms in total. The lowest BCUT2D eigenvalue weighted by molar-refractivity contribution is 0.288. The Morgan fingerprint density at radius 3 is 2.42 bits per heavy atom. The first-order valence-electron chi connectivity index (χ1n) is 6.56. The maximum Gasteiger partial charge on any atom is 0.193 e. The van der Waals surface area contributed by atoms with Crippen LogP contribution in [-0.2, 0) is 0 Å². The van der Waals surface area contributed by atoms with Gasteiger partial charge >= 0.3 is 0 Å². The van der Waals surface area contributed by atoms with Crippen LogP contribution in [0.4, 0.5) is 5.69 Å². The smallest absolute Gasteiger partial charge is 0.193 e. The molecular weight excluding hydrogens is 242 g/mol. The molecule has 0 aromatic heterocycles. The predicted molar refractivity (Wildman–Crippen MR) is 79.2 cm³/mol. The molecular formula is C14H23N3O2. The molecule has 0 saturated heterocycles. The van der Waals surface area contributed by atoms with Gasteiger partial charge in [-0.25, -0.2) is 0 Å². The fourth-order valence-corrected chi connectivity index (χ4v) is 1.59. The van der Waals surface area contributed by atoms with Crippen molar-refractivity contribution in [2.24, 2.45) is 10.7 Å². The largest absolute Gasteiger partial charge is 0.490 e. The first-order chi connectivity index (χ1) is 9.06. The van der Waals surface area contributed by atoms with Crippen molar-refractivity contribution in [3.63, 3.8) is 0 Å². The van der Waals surface area contributed by atoms with Crippen LogP contribution in [0.1, 0.15) is 27.7 Å². The second kappa shape index (κ2) is 7.51. The van der Waals surface area contributed by atoms with Crippen LogP contribution in [0.5, 0.6) is 11.5 Å². The molecule has 1 rings (SSSR count). The minimum Gasteiger partial charge on any atom is -0.490 e. The van der Waals surface area contributed by atoms with Crippen molar-refractivity contribution >= 4 is 11.6 Å². The van der Waals surface area contributed by atoms with E-state index < -0.39 is 0 Å². The van der Waals surface area contributed by atoms with E-state index in [2.05, 4.69) is 10.3 Å². The fraction of sp³-hybridized carbons (Fsp3) is 0.500. The monoisotopic (exact) mass is 265 g/mol. The van der Waals surface area contributed by atoms with Crippen LogP contribution in [0.25, 0.3) is 0 Å². The molecule has 0 bridgehead atoms. The van der Waals surface area contributed by atoms with E-state index in [1.165, 1.54) is 0 Å². The summed E-state index contributed by atoms with van der Waals surface area (Å²) in [5.41, 5.74) is 6.62. The molecule has 0 saturated carbocycles. The van der Waals surface area contributed by atoms with Gasteiger partial charge in [-0.1, -0.05) is 0 Å². The summed E-state index contributed by atoms with van der Waals surface area (Å²) < 4.78 is 11.0. The Morgan fingerprint density at radius 1 is 1.21 bits per heavy atom. The molecule has 0 heterocycles. The molecule has 0 aliphatic heterocycles. The molecule has 1 aromatic carbocycles. The van der Waals surface area contributed by atoms with Crippen LogP contribution in [0, 0.1) is 0 Å². The van der Waals surface area contributed by atoms with E-state index in [1.807, 2.05) is 45.9 Å². The van der Waals surface area contributed by atoms with Crippen molar-refractivity contribution in [3.8, 4) is 11.5 Å². The van der Waals surface area contributed by atoms with Crippen LogP contribution < -0.4 is 20.5 Å². The molecule has 0 amide bonds. The number of hydrogen-bond acceptors (Lipinski definition) is 3. The molecule has 3 N–H and O–H groups in total. The molecule has 0 aliphatic rings. The van der Waals surface area contributed by atoms with Gasteiger partial charge in [-0.3, -0.25) is 4.99 Å². The number of aliphatic imine (C=N–C) groups is 1. The fourth-order valence-electron chi connectivity index (χ4n) is 1.59. The highest BCUT2D eigenvalue weighted by Gasteiger charge is 2.06. The van der Waals surface area contributed by atoms with Crippen LogP contribution in [0.3, 0.4) is 0 Å². The number of nitrogens with zero attached hydrogens (tertiary/aromatic N) is 1. The Labute approximate surface area is 114 Å². The molecule has 0 aliphatic carbocycles. The number of ether oxygens (including phenoxy) is 2. The second-order valence-corrected chi connectivity index (χ2v) is 4.26. The van der Waals surface area contributed by atoms with Crippen molar-refractivity contribution < 1.29 is 9.47 Å². The molecule has 1 aromatic rings. The van der Waals surface area contributed by atoms with Crippen LogP contribution in [-0.4, -0.2) is 25.2 Å². The van der Waals surface area contributed by atoms with Crippen molar-refractivity contribution in [1.29, 1.82) is 0 Å². The quantitative estimate of drug-likeness (QED) is 0.613. The molecule has 19 heavy (non-hydrogen) atoms. The van der Waals surface area contributed by atoms with Gasteiger partial charge in [0.15, 0.2) is 17.5 Å². The number of anilines is 1. The Balaban J connectivity index is 2.88. The lowest BCUT2D eigenvalue weighted by Gasteiger charge is -2.13. The Bertz CT molecular complexity index is 431.